The minimum Gasteiger partial charge on any atom is -0.478 e. The van der Waals surface area contributed by atoms with Gasteiger partial charge in [0.05, 0.1) is 10.7 Å². The Morgan fingerprint density at radius 1 is 1.32 bits per heavy atom. The Balaban J connectivity index is 2.42. The molecular formula is C13H9ClFNO3. The summed E-state index contributed by atoms with van der Waals surface area (Å²) in [5.74, 6) is -1.56. The van der Waals surface area contributed by atoms with Gasteiger partial charge in [-0.05, 0) is 24.3 Å². The number of anilines is 1. The minimum atomic E-state index is -1.17. The monoisotopic (exact) mass is 281 g/mol. The molecule has 0 spiro atoms. The number of halogens is 2. The zero-order valence-corrected chi connectivity index (χ0v) is 10.3. The second-order valence-corrected chi connectivity index (χ2v) is 4.11. The summed E-state index contributed by atoms with van der Waals surface area (Å²) in [7, 11) is 0. The molecular weight excluding hydrogens is 273 g/mol. The molecule has 2 aromatic carbocycles. The maximum Gasteiger partial charge on any atom is 0.339 e. The summed E-state index contributed by atoms with van der Waals surface area (Å²) in [6.45, 7) is 0. The number of carbonyl (C=O) groups is 1. The molecule has 0 bridgehead atoms. The first-order valence-electron chi connectivity index (χ1n) is 5.23. The molecule has 0 saturated heterocycles. The molecule has 0 aromatic heterocycles. The van der Waals surface area contributed by atoms with Gasteiger partial charge in [-0.3, -0.25) is 0 Å². The van der Waals surface area contributed by atoms with E-state index in [1.165, 1.54) is 30.3 Å². The van der Waals surface area contributed by atoms with Crippen LogP contribution in [0.15, 0.2) is 36.4 Å². The van der Waals surface area contributed by atoms with Gasteiger partial charge in [0.1, 0.15) is 17.1 Å². The summed E-state index contributed by atoms with van der Waals surface area (Å²) < 4.78 is 18.4. The zero-order chi connectivity index (χ0) is 14.0. The second kappa shape index (κ2) is 5.16. The normalized spacial score (nSPS) is 10.2. The molecule has 0 fully saturated rings. The highest BCUT2D eigenvalue weighted by molar-refractivity contribution is 6.30. The first-order valence-corrected chi connectivity index (χ1v) is 5.61. The maximum atomic E-state index is 13.0. The van der Waals surface area contributed by atoms with Gasteiger partial charge in [0, 0.05) is 6.07 Å². The third-order valence-electron chi connectivity index (χ3n) is 2.39. The van der Waals surface area contributed by atoms with Crippen LogP contribution in [-0.4, -0.2) is 11.1 Å². The third kappa shape index (κ3) is 2.77. The van der Waals surface area contributed by atoms with E-state index in [1.54, 1.807) is 0 Å². The number of ether oxygens (including phenoxy) is 1. The van der Waals surface area contributed by atoms with E-state index in [0.717, 1.165) is 6.07 Å². The molecule has 0 radical (unpaired) electrons. The lowest BCUT2D eigenvalue weighted by molar-refractivity contribution is 0.0694. The van der Waals surface area contributed by atoms with Crippen molar-refractivity contribution in [1.29, 1.82) is 0 Å². The van der Waals surface area contributed by atoms with Gasteiger partial charge in [0.15, 0.2) is 5.75 Å². The third-order valence-corrected chi connectivity index (χ3v) is 2.68. The van der Waals surface area contributed by atoms with Crippen LogP contribution in [0.25, 0.3) is 0 Å². The summed E-state index contributed by atoms with van der Waals surface area (Å²) in [4.78, 5) is 11.1. The smallest absolute Gasteiger partial charge is 0.339 e. The Kier molecular flexibility index (Phi) is 3.57. The van der Waals surface area contributed by atoms with E-state index in [-0.39, 0.29) is 27.8 Å². The molecule has 6 heteroatoms. The molecule has 0 aliphatic rings. The van der Waals surface area contributed by atoms with E-state index >= 15 is 0 Å². The highest BCUT2D eigenvalue weighted by atomic mass is 35.5. The van der Waals surface area contributed by atoms with Gasteiger partial charge in [0.25, 0.3) is 0 Å². The zero-order valence-electron chi connectivity index (χ0n) is 9.56. The molecule has 98 valence electrons. The van der Waals surface area contributed by atoms with Crippen molar-refractivity contribution in [2.45, 2.75) is 0 Å². The Morgan fingerprint density at radius 3 is 2.68 bits per heavy atom. The fraction of sp³-hybridized carbons (Fsp3) is 0. The maximum absolute atomic E-state index is 13.0. The number of carboxylic acids is 1. The number of aromatic carboxylic acids is 1. The Bertz CT molecular complexity index is 646. The van der Waals surface area contributed by atoms with Crippen molar-refractivity contribution in [2.24, 2.45) is 0 Å². The van der Waals surface area contributed by atoms with Gasteiger partial charge >= 0.3 is 5.97 Å². The predicted octanol–water partition coefficient (Wildman–Crippen LogP) is 3.55. The average molecular weight is 282 g/mol. The van der Waals surface area contributed by atoms with Crippen molar-refractivity contribution in [2.75, 3.05) is 5.73 Å². The number of carboxylic acid groups (broad SMARTS) is 1. The van der Waals surface area contributed by atoms with Gasteiger partial charge < -0.3 is 15.6 Å². The molecule has 0 saturated carbocycles. The number of para-hydroxylation sites is 1. The summed E-state index contributed by atoms with van der Waals surface area (Å²) in [5.41, 5.74) is 5.76. The lowest BCUT2D eigenvalue weighted by Gasteiger charge is -2.11. The van der Waals surface area contributed by atoms with Crippen LogP contribution in [0.5, 0.6) is 11.5 Å². The number of benzene rings is 2. The molecule has 0 aliphatic carbocycles. The molecule has 0 amide bonds. The van der Waals surface area contributed by atoms with Crippen LogP contribution in [-0.2, 0) is 0 Å². The molecule has 2 aromatic rings. The van der Waals surface area contributed by atoms with E-state index < -0.39 is 11.8 Å². The first-order chi connectivity index (χ1) is 8.99. The Morgan fingerprint density at radius 2 is 2.05 bits per heavy atom. The lowest BCUT2D eigenvalue weighted by atomic mass is 10.1. The fourth-order valence-electron chi connectivity index (χ4n) is 1.50. The summed E-state index contributed by atoms with van der Waals surface area (Å²) in [5, 5.41) is 8.92. The van der Waals surface area contributed by atoms with E-state index in [1.807, 2.05) is 0 Å². The van der Waals surface area contributed by atoms with Gasteiger partial charge in [-0.1, -0.05) is 17.7 Å². The molecule has 0 atom stereocenters. The van der Waals surface area contributed by atoms with Gasteiger partial charge in [0.2, 0.25) is 0 Å². The van der Waals surface area contributed by atoms with Gasteiger partial charge in [-0.2, -0.15) is 0 Å². The molecule has 19 heavy (non-hydrogen) atoms. The standard InChI is InChI=1S/C13H9ClFNO3/c14-9-6-7(4-5-10(9)15)19-12-8(13(17)18)2-1-3-11(12)16/h1-6H,16H2,(H,17,18). The number of nitrogens with two attached hydrogens (primary N) is 1. The van der Waals surface area contributed by atoms with Crippen LogP contribution in [0.2, 0.25) is 5.02 Å². The van der Waals surface area contributed by atoms with E-state index in [4.69, 9.17) is 27.2 Å². The van der Waals surface area contributed by atoms with Crippen LogP contribution in [0.4, 0.5) is 10.1 Å². The van der Waals surface area contributed by atoms with E-state index in [9.17, 15) is 9.18 Å². The van der Waals surface area contributed by atoms with Gasteiger partial charge in [-0.15, -0.1) is 0 Å². The van der Waals surface area contributed by atoms with Crippen molar-refractivity contribution in [1.82, 2.24) is 0 Å². The van der Waals surface area contributed by atoms with Crippen molar-refractivity contribution >= 4 is 23.3 Å². The summed E-state index contributed by atoms with van der Waals surface area (Å²) >= 11 is 5.62. The van der Waals surface area contributed by atoms with Crippen LogP contribution < -0.4 is 10.5 Å². The Hall–Kier alpha value is -2.27. The van der Waals surface area contributed by atoms with Crippen molar-refractivity contribution in [3.63, 3.8) is 0 Å². The number of nitrogen functional groups attached to an aromatic ring is 1. The second-order valence-electron chi connectivity index (χ2n) is 3.71. The van der Waals surface area contributed by atoms with Crippen molar-refractivity contribution in [3.05, 3.63) is 52.8 Å². The van der Waals surface area contributed by atoms with Gasteiger partial charge in [-0.25, -0.2) is 9.18 Å². The number of rotatable bonds is 3. The highest BCUT2D eigenvalue weighted by Crippen LogP contribution is 2.32. The first kappa shape index (κ1) is 13.2. The molecule has 0 aliphatic heterocycles. The summed E-state index contributed by atoms with van der Waals surface area (Å²) in [6.07, 6.45) is 0. The molecule has 4 nitrogen and oxygen atoms in total. The predicted molar refractivity (Wildman–Crippen MR) is 69.3 cm³/mol. The fourth-order valence-corrected chi connectivity index (χ4v) is 1.67. The van der Waals surface area contributed by atoms with Crippen LogP contribution in [0.1, 0.15) is 10.4 Å². The minimum absolute atomic E-state index is 0.00215. The molecule has 0 unspecified atom stereocenters. The SMILES string of the molecule is Nc1cccc(C(=O)O)c1Oc1ccc(F)c(Cl)c1. The quantitative estimate of drug-likeness (QED) is 0.844. The van der Waals surface area contributed by atoms with Crippen LogP contribution in [0, 0.1) is 5.82 Å². The Labute approximate surface area is 113 Å². The lowest BCUT2D eigenvalue weighted by Crippen LogP contribution is -2.03. The van der Waals surface area contributed by atoms with Crippen LogP contribution in [0.3, 0.4) is 0 Å². The molecule has 2 rings (SSSR count). The van der Waals surface area contributed by atoms with E-state index in [0.29, 0.717) is 0 Å². The van der Waals surface area contributed by atoms with Crippen molar-refractivity contribution < 1.29 is 19.0 Å². The number of hydrogen-bond donors (Lipinski definition) is 2. The van der Waals surface area contributed by atoms with E-state index in [2.05, 4.69) is 0 Å². The topological polar surface area (TPSA) is 72.6 Å². The molecule has 3 N–H and O–H groups in total. The largest absolute Gasteiger partial charge is 0.478 e. The number of hydrogen-bond acceptors (Lipinski definition) is 3. The van der Waals surface area contributed by atoms with Crippen LogP contribution >= 0.6 is 11.6 Å². The average Bonchev–Trinajstić information content (AvgIpc) is 2.36. The van der Waals surface area contributed by atoms with Crippen molar-refractivity contribution in [3.8, 4) is 11.5 Å². The molecule has 0 heterocycles. The summed E-state index contributed by atoms with van der Waals surface area (Å²) in [6, 6.07) is 8.07. The highest BCUT2D eigenvalue weighted by Gasteiger charge is 2.15.